The molecular weight excluding hydrogens is 223 g/mol. The maximum Gasteiger partial charge on any atom is 0.317 e. The van der Waals surface area contributed by atoms with Crippen molar-refractivity contribution in [3.8, 4) is 0 Å². The maximum absolute atomic E-state index is 11.4. The zero-order valence-electron chi connectivity index (χ0n) is 10.3. The van der Waals surface area contributed by atoms with Crippen molar-refractivity contribution in [2.75, 3.05) is 6.16 Å². The Hall–Kier alpha value is -0.430. The van der Waals surface area contributed by atoms with Gasteiger partial charge < -0.3 is 4.74 Å². The van der Waals surface area contributed by atoms with Gasteiger partial charge in [0.05, 0.1) is 0 Å². The second-order valence-electron chi connectivity index (χ2n) is 5.14. The van der Waals surface area contributed by atoms with E-state index in [1.165, 1.54) is 6.42 Å². The van der Waals surface area contributed by atoms with E-state index in [0.717, 1.165) is 12.8 Å². The Balaban J connectivity index is 2.57. The summed E-state index contributed by atoms with van der Waals surface area (Å²) < 4.78 is 15.8. The normalized spacial score (nSPS) is 30.6. The molecule has 0 spiro atoms. The molecule has 4 heteroatoms. The second kappa shape index (κ2) is 6.34. The maximum atomic E-state index is 11.4. The summed E-state index contributed by atoms with van der Waals surface area (Å²) in [7, 11) is -0.150. The molecule has 16 heavy (non-hydrogen) atoms. The Kier molecular flexibility index (Phi) is 5.40. The number of carbonyl (C=O) groups is 1. The van der Waals surface area contributed by atoms with Crippen LogP contribution in [0.3, 0.4) is 0 Å². The van der Waals surface area contributed by atoms with Crippen molar-refractivity contribution in [3.05, 3.63) is 0 Å². The van der Waals surface area contributed by atoms with Crippen LogP contribution in [0.2, 0.25) is 0 Å². The molecule has 0 amide bonds. The van der Waals surface area contributed by atoms with Gasteiger partial charge in [0, 0.05) is 0 Å². The Morgan fingerprint density at radius 1 is 1.44 bits per heavy atom. The second-order valence-corrected chi connectivity index (χ2v) is 5.72. The lowest BCUT2D eigenvalue weighted by molar-refractivity contribution is -0.152. The van der Waals surface area contributed by atoms with E-state index in [0.29, 0.717) is 17.8 Å². The number of esters is 1. The van der Waals surface area contributed by atoms with Gasteiger partial charge in [0.25, 0.3) is 0 Å². The van der Waals surface area contributed by atoms with Crippen molar-refractivity contribution in [1.82, 2.24) is 0 Å². The van der Waals surface area contributed by atoms with Gasteiger partial charge in [0.2, 0.25) is 0 Å². The first-order valence-electron chi connectivity index (χ1n) is 6.03. The van der Waals surface area contributed by atoms with E-state index in [4.69, 9.17) is 4.74 Å². The highest BCUT2D eigenvalue weighted by molar-refractivity contribution is 7.25. The van der Waals surface area contributed by atoms with Crippen LogP contribution in [0.5, 0.6) is 0 Å². The lowest BCUT2D eigenvalue weighted by Crippen LogP contribution is -2.36. The molecule has 0 aliphatic heterocycles. The van der Waals surface area contributed by atoms with E-state index in [2.05, 4.69) is 20.8 Å². The van der Waals surface area contributed by atoms with Crippen LogP contribution in [-0.4, -0.2) is 18.2 Å². The predicted octanol–water partition coefficient (Wildman–Crippen LogP) is 3.28. The van der Waals surface area contributed by atoms with E-state index in [-0.39, 0.29) is 26.7 Å². The van der Waals surface area contributed by atoms with Gasteiger partial charge in [-0.05, 0) is 30.6 Å². The van der Waals surface area contributed by atoms with Crippen LogP contribution in [0.4, 0.5) is 0 Å². The fourth-order valence-electron chi connectivity index (χ4n) is 2.51. The van der Waals surface area contributed by atoms with Gasteiger partial charge in [0.15, 0.2) is 8.46 Å². The molecule has 3 unspecified atom stereocenters. The van der Waals surface area contributed by atoms with Gasteiger partial charge in [-0.15, -0.1) is 0 Å². The van der Waals surface area contributed by atoms with E-state index in [1.807, 2.05) is 0 Å². The lowest BCUT2D eigenvalue weighted by atomic mass is 9.75. The Bertz CT molecular complexity index is 253. The molecule has 3 atom stereocenters. The summed E-state index contributed by atoms with van der Waals surface area (Å²) >= 11 is 0. The van der Waals surface area contributed by atoms with Gasteiger partial charge >= 0.3 is 5.97 Å². The molecule has 0 saturated heterocycles. The van der Waals surface area contributed by atoms with Crippen LogP contribution in [0.1, 0.15) is 40.0 Å². The number of hydrogen-bond donors (Lipinski definition) is 0. The summed E-state index contributed by atoms with van der Waals surface area (Å²) in [5, 5.41) is 0. The van der Waals surface area contributed by atoms with Crippen LogP contribution < -0.4 is 0 Å². The Labute approximate surface area is 99.1 Å². The molecule has 0 heterocycles. The fourth-order valence-corrected chi connectivity index (χ4v) is 2.69. The third-order valence-corrected chi connectivity index (χ3v) is 3.83. The molecule has 0 aromatic carbocycles. The van der Waals surface area contributed by atoms with Crippen molar-refractivity contribution in [2.45, 2.75) is 46.1 Å². The van der Waals surface area contributed by atoms with Crippen LogP contribution in [-0.2, 0) is 14.1 Å². The van der Waals surface area contributed by atoms with Crippen molar-refractivity contribution in [3.63, 3.8) is 0 Å². The fraction of sp³-hybridized carbons (Fsp3) is 0.917. The van der Waals surface area contributed by atoms with E-state index >= 15 is 0 Å². The minimum absolute atomic E-state index is 0.0182. The van der Waals surface area contributed by atoms with Gasteiger partial charge in [-0.25, -0.2) is 0 Å². The van der Waals surface area contributed by atoms with Crippen molar-refractivity contribution in [1.29, 1.82) is 0 Å². The van der Waals surface area contributed by atoms with Crippen molar-refractivity contribution in [2.24, 2.45) is 17.8 Å². The summed E-state index contributed by atoms with van der Waals surface area (Å²) in [6.45, 7) is 6.55. The smallest absolute Gasteiger partial charge is 0.317 e. The zero-order valence-corrected chi connectivity index (χ0v) is 11.2. The highest BCUT2D eigenvalue weighted by Gasteiger charge is 2.33. The van der Waals surface area contributed by atoms with Crippen LogP contribution in [0.25, 0.3) is 0 Å². The summed E-state index contributed by atoms with van der Waals surface area (Å²) in [6.07, 6.45) is 3.31. The third-order valence-electron chi connectivity index (χ3n) is 3.44. The molecule has 0 aromatic heterocycles. The van der Waals surface area contributed by atoms with Gasteiger partial charge in [-0.3, -0.25) is 9.36 Å². The van der Waals surface area contributed by atoms with Gasteiger partial charge in [0.1, 0.15) is 12.3 Å². The highest BCUT2D eigenvalue weighted by atomic mass is 31.1. The van der Waals surface area contributed by atoms with Crippen LogP contribution >= 0.6 is 8.46 Å². The molecule has 0 N–H and O–H groups in total. The quantitative estimate of drug-likeness (QED) is 0.563. The van der Waals surface area contributed by atoms with Crippen molar-refractivity contribution < 1.29 is 14.1 Å². The first-order chi connectivity index (χ1) is 7.54. The minimum atomic E-state index is -0.332. The summed E-state index contributed by atoms with van der Waals surface area (Å²) in [6, 6.07) is 0. The van der Waals surface area contributed by atoms with Crippen LogP contribution in [0, 0.1) is 17.8 Å². The number of rotatable bonds is 4. The molecule has 1 saturated carbocycles. The van der Waals surface area contributed by atoms with Crippen LogP contribution in [0.15, 0.2) is 0 Å². The van der Waals surface area contributed by atoms with Gasteiger partial charge in [-0.2, -0.15) is 0 Å². The van der Waals surface area contributed by atoms with E-state index in [9.17, 15) is 9.36 Å². The molecule has 1 fully saturated rings. The molecular formula is C12H21O3P. The molecule has 3 nitrogen and oxygen atoms in total. The summed E-state index contributed by atoms with van der Waals surface area (Å²) in [5.41, 5.74) is 0. The van der Waals surface area contributed by atoms with E-state index < -0.39 is 0 Å². The molecule has 1 aliphatic rings. The number of ether oxygens (including phenoxy) is 1. The van der Waals surface area contributed by atoms with Crippen molar-refractivity contribution >= 4 is 14.4 Å². The van der Waals surface area contributed by atoms with Gasteiger partial charge in [-0.1, -0.05) is 27.2 Å². The average molecular weight is 244 g/mol. The SMILES string of the molecule is CC1CCC(C(C)C)C(OC(=O)CP=O)C1. The molecule has 92 valence electrons. The summed E-state index contributed by atoms with van der Waals surface area (Å²) in [5.74, 6) is 1.29. The summed E-state index contributed by atoms with van der Waals surface area (Å²) in [4.78, 5) is 11.4. The standard InChI is InChI=1S/C12H21O3P/c1-8(2)10-5-4-9(3)6-11(10)15-12(13)7-16-14/h8-11H,4-7H2,1-3H3. The number of carbonyl (C=O) groups excluding carboxylic acids is 1. The Morgan fingerprint density at radius 2 is 2.12 bits per heavy atom. The number of hydrogen-bond acceptors (Lipinski definition) is 3. The monoisotopic (exact) mass is 244 g/mol. The molecule has 1 rings (SSSR count). The Morgan fingerprint density at radius 3 is 2.69 bits per heavy atom. The topological polar surface area (TPSA) is 43.4 Å². The predicted molar refractivity (Wildman–Crippen MR) is 63.7 cm³/mol. The average Bonchev–Trinajstić information content (AvgIpc) is 2.17. The largest absolute Gasteiger partial charge is 0.461 e. The first-order valence-corrected chi connectivity index (χ1v) is 7.03. The highest BCUT2D eigenvalue weighted by Crippen LogP contribution is 2.35. The molecule has 0 aromatic rings. The van der Waals surface area contributed by atoms with E-state index in [1.54, 1.807) is 0 Å². The molecule has 0 radical (unpaired) electrons. The minimum Gasteiger partial charge on any atom is -0.461 e. The zero-order chi connectivity index (χ0) is 12.1. The third kappa shape index (κ3) is 3.86. The molecule has 0 bridgehead atoms. The molecule has 1 aliphatic carbocycles. The lowest BCUT2D eigenvalue weighted by Gasteiger charge is -2.36. The first kappa shape index (κ1) is 13.6.